The molecule has 0 spiro atoms. The van der Waals surface area contributed by atoms with Crippen LogP contribution in [0.4, 0.5) is 4.39 Å². The van der Waals surface area contributed by atoms with E-state index in [0.29, 0.717) is 0 Å². The molecule has 1 N–H and O–H groups in total. The summed E-state index contributed by atoms with van der Waals surface area (Å²) in [5, 5.41) is 10.7. The first-order valence-corrected chi connectivity index (χ1v) is 4.22. The smallest absolute Gasteiger partial charge is 0.179 e. The summed E-state index contributed by atoms with van der Waals surface area (Å²) in [4.78, 5) is 0. The van der Waals surface area contributed by atoms with E-state index in [1.807, 2.05) is 0 Å². The first-order valence-electron chi connectivity index (χ1n) is 3.08. The number of oxime groups is 1. The number of hydrogen-bond donors (Lipinski definition) is 1. The maximum absolute atomic E-state index is 13.1. The van der Waals surface area contributed by atoms with Gasteiger partial charge in [0, 0.05) is 5.02 Å². The minimum atomic E-state index is -0.736. The molecule has 0 bridgehead atoms. The molecule has 13 heavy (non-hydrogen) atoms. The molecule has 0 aliphatic carbocycles. The van der Waals surface area contributed by atoms with Crippen molar-refractivity contribution < 1.29 is 9.60 Å². The predicted molar refractivity (Wildman–Crippen MR) is 50.6 cm³/mol. The highest BCUT2D eigenvalue weighted by atomic mass is 35.5. The molecule has 0 saturated carbocycles. The number of rotatable bonds is 1. The summed E-state index contributed by atoms with van der Waals surface area (Å²) in [6.07, 6.45) is 0. The minimum absolute atomic E-state index is 0.00667. The molecule has 0 unspecified atom stereocenters. The summed E-state index contributed by atoms with van der Waals surface area (Å²) in [5.74, 6) is -0.736. The Kier molecular flexibility index (Phi) is 3.36. The van der Waals surface area contributed by atoms with Gasteiger partial charge in [0.15, 0.2) is 5.17 Å². The number of nitrogens with zero attached hydrogens (tertiary/aromatic N) is 1. The zero-order chi connectivity index (χ0) is 10.0. The fourth-order valence-electron chi connectivity index (χ4n) is 0.789. The Hall–Kier alpha value is -0.510. The lowest BCUT2D eigenvalue weighted by Gasteiger charge is -2.02. The van der Waals surface area contributed by atoms with Gasteiger partial charge in [-0.1, -0.05) is 40.0 Å². The van der Waals surface area contributed by atoms with Gasteiger partial charge in [-0.25, -0.2) is 4.39 Å². The van der Waals surface area contributed by atoms with Crippen molar-refractivity contribution in [3.8, 4) is 0 Å². The fraction of sp³-hybridized carbons (Fsp3) is 0. The summed E-state index contributed by atoms with van der Waals surface area (Å²) in [5.41, 5.74) is -0.171. The van der Waals surface area contributed by atoms with Crippen molar-refractivity contribution in [1.29, 1.82) is 0 Å². The maximum atomic E-state index is 13.1. The Labute approximate surface area is 88.5 Å². The zero-order valence-electron chi connectivity index (χ0n) is 6.06. The van der Waals surface area contributed by atoms with Crippen LogP contribution >= 0.6 is 34.8 Å². The van der Waals surface area contributed by atoms with Gasteiger partial charge in [0.1, 0.15) is 5.82 Å². The van der Waals surface area contributed by atoms with Gasteiger partial charge < -0.3 is 5.21 Å². The summed E-state index contributed by atoms with van der Waals surface area (Å²) in [7, 11) is 0. The molecule has 0 amide bonds. The van der Waals surface area contributed by atoms with Crippen LogP contribution in [-0.4, -0.2) is 10.4 Å². The maximum Gasteiger partial charge on any atom is 0.179 e. The highest BCUT2D eigenvalue weighted by Crippen LogP contribution is 2.25. The molecule has 0 atom stereocenters. The van der Waals surface area contributed by atoms with E-state index in [1.165, 1.54) is 6.07 Å². The molecule has 1 rings (SSSR count). The lowest BCUT2D eigenvalue weighted by Crippen LogP contribution is -1.97. The Bertz CT molecular complexity index is 344. The van der Waals surface area contributed by atoms with Gasteiger partial charge in [0.05, 0.1) is 10.6 Å². The molecule has 0 saturated heterocycles. The topological polar surface area (TPSA) is 32.6 Å². The van der Waals surface area contributed by atoms with Crippen molar-refractivity contribution in [3.63, 3.8) is 0 Å². The highest BCUT2D eigenvalue weighted by Gasteiger charge is 2.13. The Balaban J connectivity index is 3.37. The molecular formula is C7H3Cl3FNO. The minimum Gasteiger partial charge on any atom is -0.410 e. The molecule has 0 heterocycles. The lowest BCUT2D eigenvalue weighted by molar-refractivity contribution is 0.320. The molecule has 1 aromatic rings. The second kappa shape index (κ2) is 4.13. The Morgan fingerprint density at radius 2 is 2.00 bits per heavy atom. The number of halogens is 4. The average molecular weight is 242 g/mol. The molecule has 2 nitrogen and oxygen atoms in total. The summed E-state index contributed by atoms with van der Waals surface area (Å²) in [6.45, 7) is 0. The third-order valence-corrected chi connectivity index (χ3v) is 2.08. The first-order chi connectivity index (χ1) is 6.06. The zero-order valence-corrected chi connectivity index (χ0v) is 8.33. The predicted octanol–water partition coefficient (Wildman–Crippen LogP) is 3.51. The van der Waals surface area contributed by atoms with Crippen LogP contribution in [0.3, 0.4) is 0 Å². The van der Waals surface area contributed by atoms with E-state index in [2.05, 4.69) is 5.16 Å². The lowest BCUT2D eigenvalue weighted by atomic mass is 10.2. The van der Waals surface area contributed by atoms with Crippen molar-refractivity contribution in [2.45, 2.75) is 0 Å². The Morgan fingerprint density at radius 1 is 1.38 bits per heavy atom. The van der Waals surface area contributed by atoms with Crippen LogP contribution in [0.2, 0.25) is 10.0 Å². The molecule has 0 aliphatic heterocycles. The standard InChI is InChI=1S/C7H3Cl3FNO/c8-3-1-4(9)6(5(11)2-3)7(10)12-13/h1-2,13H/b12-7-. The summed E-state index contributed by atoms with van der Waals surface area (Å²) >= 11 is 16.5. The van der Waals surface area contributed by atoms with Gasteiger partial charge in [0.2, 0.25) is 0 Å². The first kappa shape index (κ1) is 10.6. The summed E-state index contributed by atoms with van der Waals surface area (Å²) < 4.78 is 13.1. The van der Waals surface area contributed by atoms with E-state index in [1.54, 1.807) is 0 Å². The normalized spacial score (nSPS) is 11.8. The quantitative estimate of drug-likeness (QED) is 0.456. The van der Waals surface area contributed by atoms with Crippen LogP contribution in [0, 0.1) is 5.82 Å². The van der Waals surface area contributed by atoms with Gasteiger partial charge in [-0.2, -0.15) is 0 Å². The molecule has 70 valence electrons. The van der Waals surface area contributed by atoms with Gasteiger partial charge in [-0.3, -0.25) is 0 Å². The second-order valence-corrected chi connectivity index (χ2v) is 3.34. The van der Waals surface area contributed by atoms with Crippen molar-refractivity contribution in [2.24, 2.45) is 5.16 Å². The molecule has 0 radical (unpaired) electrons. The molecule has 0 aliphatic rings. The van der Waals surface area contributed by atoms with Crippen LogP contribution in [0.25, 0.3) is 0 Å². The highest BCUT2D eigenvalue weighted by molar-refractivity contribution is 6.70. The monoisotopic (exact) mass is 241 g/mol. The van der Waals surface area contributed by atoms with Gasteiger partial charge >= 0.3 is 0 Å². The molecule has 0 fully saturated rings. The van der Waals surface area contributed by atoms with Gasteiger partial charge in [-0.05, 0) is 12.1 Å². The Morgan fingerprint density at radius 3 is 2.46 bits per heavy atom. The third-order valence-electron chi connectivity index (χ3n) is 1.30. The van der Waals surface area contributed by atoms with E-state index in [0.717, 1.165) is 6.07 Å². The number of benzene rings is 1. The third kappa shape index (κ3) is 2.24. The van der Waals surface area contributed by atoms with E-state index in [-0.39, 0.29) is 15.6 Å². The molecular weight excluding hydrogens is 239 g/mol. The van der Waals surface area contributed by atoms with Crippen molar-refractivity contribution in [3.05, 3.63) is 33.6 Å². The van der Waals surface area contributed by atoms with Crippen LogP contribution in [-0.2, 0) is 0 Å². The van der Waals surface area contributed by atoms with E-state index < -0.39 is 11.0 Å². The van der Waals surface area contributed by atoms with Crippen molar-refractivity contribution in [2.75, 3.05) is 0 Å². The van der Waals surface area contributed by atoms with Gasteiger partial charge in [0.25, 0.3) is 0 Å². The second-order valence-electron chi connectivity index (χ2n) is 2.14. The molecule has 6 heteroatoms. The van der Waals surface area contributed by atoms with Crippen LogP contribution in [0.5, 0.6) is 0 Å². The van der Waals surface area contributed by atoms with Gasteiger partial charge in [-0.15, -0.1) is 0 Å². The average Bonchev–Trinajstić information content (AvgIpc) is 2.02. The molecule has 0 aromatic heterocycles. The van der Waals surface area contributed by atoms with E-state index in [9.17, 15) is 4.39 Å². The summed E-state index contributed by atoms with van der Waals surface area (Å²) in [6, 6.07) is 2.32. The molecule has 1 aromatic carbocycles. The van der Waals surface area contributed by atoms with Crippen LogP contribution < -0.4 is 0 Å². The van der Waals surface area contributed by atoms with E-state index in [4.69, 9.17) is 40.0 Å². The SMILES string of the molecule is O/N=C(\Cl)c1c(F)cc(Cl)cc1Cl. The van der Waals surface area contributed by atoms with Crippen LogP contribution in [0.1, 0.15) is 5.56 Å². The van der Waals surface area contributed by atoms with Crippen molar-refractivity contribution in [1.82, 2.24) is 0 Å². The van der Waals surface area contributed by atoms with Crippen LogP contribution in [0.15, 0.2) is 17.3 Å². The fourth-order valence-corrected chi connectivity index (χ4v) is 1.59. The largest absolute Gasteiger partial charge is 0.410 e. The van der Waals surface area contributed by atoms with E-state index >= 15 is 0 Å². The van der Waals surface area contributed by atoms with Crippen molar-refractivity contribution >= 4 is 40.0 Å². The number of hydrogen-bond acceptors (Lipinski definition) is 2.